The largest absolute Gasteiger partial charge is 0.357 e. The number of carbonyl (C=O) groups is 2. The van der Waals surface area contributed by atoms with Crippen molar-refractivity contribution < 1.29 is 9.59 Å². The van der Waals surface area contributed by atoms with E-state index in [9.17, 15) is 9.59 Å². The molecule has 0 bridgehead atoms. The fourth-order valence-corrected chi connectivity index (χ4v) is 1.87. The van der Waals surface area contributed by atoms with Crippen molar-refractivity contribution in [3.05, 3.63) is 23.5 Å². The molecule has 1 amide bonds. The lowest BCUT2D eigenvalue weighted by molar-refractivity contribution is 0.0704. The Hall–Kier alpha value is -1.58. The summed E-state index contributed by atoms with van der Waals surface area (Å²) in [6, 6.07) is 1.80. The first-order valence-corrected chi connectivity index (χ1v) is 5.13. The Morgan fingerprint density at radius 2 is 2.13 bits per heavy atom. The van der Waals surface area contributed by atoms with Gasteiger partial charge in [-0.3, -0.25) is 9.59 Å². The molecule has 1 N–H and O–H groups in total. The summed E-state index contributed by atoms with van der Waals surface area (Å²) in [5.74, 6) is -0.0291. The van der Waals surface area contributed by atoms with Crippen molar-refractivity contribution >= 4 is 11.7 Å². The number of hydrogen-bond donors (Lipinski definition) is 1. The number of hydrogen-bond acceptors (Lipinski definition) is 2. The van der Waals surface area contributed by atoms with Crippen LogP contribution in [0.25, 0.3) is 0 Å². The summed E-state index contributed by atoms with van der Waals surface area (Å²) in [6.45, 7) is 4.42. The third kappa shape index (κ3) is 1.56. The van der Waals surface area contributed by atoms with Gasteiger partial charge in [0.05, 0.1) is 0 Å². The predicted molar refractivity (Wildman–Crippen MR) is 55.9 cm³/mol. The number of H-pyrrole nitrogens is 1. The molecule has 80 valence electrons. The SMILES string of the molecule is CC(C)N1CCC(=O)c2cc[nH]c2C1=O. The van der Waals surface area contributed by atoms with E-state index in [-0.39, 0.29) is 17.7 Å². The molecule has 2 rings (SSSR count). The van der Waals surface area contributed by atoms with Gasteiger partial charge in [0.1, 0.15) is 5.69 Å². The summed E-state index contributed by atoms with van der Waals surface area (Å²) in [7, 11) is 0. The normalized spacial score (nSPS) is 16.9. The van der Waals surface area contributed by atoms with Gasteiger partial charge in [-0.15, -0.1) is 0 Å². The molecule has 0 saturated carbocycles. The van der Waals surface area contributed by atoms with E-state index < -0.39 is 0 Å². The average molecular weight is 206 g/mol. The minimum atomic E-state index is -0.0733. The lowest BCUT2D eigenvalue weighted by Gasteiger charge is -2.24. The summed E-state index contributed by atoms with van der Waals surface area (Å²) in [6.07, 6.45) is 2.05. The Bertz CT molecular complexity index is 406. The van der Waals surface area contributed by atoms with E-state index in [1.54, 1.807) is 17.2 Å². The maximum atomic E-state index is 12.0. The van der Waals surface area contributed by atoms with E-state index in [1.165, 1.54) is 0 Å². The maximum Gasteiger partial charge on any atom is 0.271 e. The number of ketones is 1. The Morgan fingerprint density at radius 1 is 1.40 bits per heavy atom. The fraction of sp³-hybridized carbons (Fsp3) is 0.455. The Kier molecular flexibility index (Phi) is 2.34. The number of carbonyl (C=O) groups excluding carboxylic acids is 2. The number of aromatic nitrogens is 1. The first-order valence-electron chi connectivity index (χ1n) is 5.13. The first-order chi connectivity index (χ1) is 7.11. The zero-order valence-corrected chi connectivity index (χ0v) is 8.91. The molecule has 0 aromatic carbocycles. The quantitative estimate of drug-likeness (QED) is 0.756. The van der Waals surface area contributed by atoms with Crippen LogP contribution in [0.5, 0.6) is 0 Å². The monoisotopic (exact) mass is 206 g/mol. The molecule has 4 heteroatoms. The minimum absolute atomic E-state index is 0.0442. The molecule has 0 fully saturated rings. The van der Waals surface area contributed by atoms with Crippen molar-refractivity contribution in [2.24, 2.45) is 0 Å². The Balaban J connectivity index is 2.43. The summed E-state index contributed by atoms with van der Waals surface area (Å²) >= 11 is 0. The molecule has 1 aliphatic heterocycles. The summed E-state index contributed by atoms with van der Waals surface area (Å²) < 4.78 is 0. The van der Waals surface area contributed by atoms with Crippen molar-refractivity contribution in [3.63, 3.8) is 0 Å². The van der Waals surface area contributed by atoms with Crippen molar-refractivity contribution in [3.8, 4) is 0 Å². The maximum absolute atomic E-state index is 12.0. The number of aromatic amines is 1. The molecule has 1 aromatic rings. The molecule has 0 aliphatic carbocycles. The van der Waals surface area contributed by atoms with Gasteiger partial charge in [0.2, 0.25) is 0 Å². The predicted octanol–water partition coefficient (Wildman–Crippen LogP) is 1.45. The van der Waals surface area contributed by atoms with Crippen LogP contribution >= 0.6 is 0 Å². The second-order valence-corrected chi connectivity index (χ2v) is 4.03. The van der Waals surface area contributed by atoms with Crippen LogP contribution in [0.3, 0.4) is 0 Å². The van der Waals surface area contributed by atoms with Crippen molar-refractivity contribution in [2.45, 2.75) is 26.3 Å². The molecule has 0 saturated heterocycles. The van der Waals surface area contributed by atoms with E-state index in [0.29, 0.717) is 24.2 Å². The zero-order valence-electron chi connectivity index (χ0n) is 8.91. The third-order valence-electron chi connectivity index (χ3n) is 2.73. The van der Waals surface area contributed by atoms with Gasteiger partial charge in [-0.25, -0.2) is 0 Å². The second kappa shape index (κ2) is 3.53. The van der Waals surface area contributed by atoms with Crippen molar-refractivity contribution in [2.75, 3.05) is 6.54 Å². The van der Waals surface area contributed by atoms with E-state index in [1.807, 2.05) is 13.8 Å². The van der Waals surface area contributed by atoms with Gasteiger partial charge >= 0.3 is 0 Å². The van der Waals surface area contributed by atoms with E-state index in [0.717, 1.165) is 0 Å². The summed E-state index contributed by atoms with van der Waals surface area (Å²) in [5.41, 5.74) is 0.967. The van der Waals surface area contributed by atoms with Gasteiger partial charge < -0.3 is 9.88 Å². The molecular weight excluding hydrogens is 192 g/mol. The molecule has 2 heterocycles. The standard InChI is InChI=1S/C11H14N2O2/c1-7(2)13-6-4-9(14)8-3-5-12-10(8)11(13)15/h3,5,7,12H,4,6H2,1-2H3. The van der Waals surface area contributed by atoms with E-state index in [2.05, 4.69) is 4.98 Å². The highest BCUT2D eigenvalue weighted by atomic mass is 16.2. The van der Waals surface area contributed by atoms with E-state index in [4.69, 9.17) is 0 Å². The van der Waals surface area contributed by atoms with Crippen LogP contribution in [-0.4, -0.2) is 34.2 Å². The molecule has 1 aliphatic rings. The van der Waals surface area contributed by atoms with Crippen LogP contribution in [0.15, 0.2) is 12.3 Å². The van der Waals surface area contributed by atoms with Gasteiger partial charge in [0.15, 0.2) is 5.78 Å². The van der Waals surface area contributed by atoms with Gasteiger partial charge in [-0.1, -0.05) is 0 Å². The lowest BCUT2D eigenvalue weighted by Crippen LogP contribution is -2.37. The summed E-state index contributed by atoms with van der Waals surface area (Å²) in [5, 5.41) is 0. The van der Waals surface area contributed by atoms with Crippen LogP contribution in [0.4, 0.5) is 0 Å². The molecule has 1 aromatic heterocycles. The number of nitrogens with zero attached hydrogens (tertiary/aromatic N) is 1. The lowest BCUT2D eigenvalue weighted by atomic mass is 10.1. The molecule has 4 nitrogen and oxygen atoms in total. The third-order valence-corrected chi connectivity index (χ3v) is 2.73. The highest BCUT2D eigenvalue weighted by Gasteiger charge is 2.28. The second-order valence-electron chi connectivity index (χ2n) is 4.03. The average Bonchev–Trinajstić information content (AvgIpc) is 2.61. The molecule has 0 radical (unpaired) electrons. The van der Waals surface area contributed by atoms with Gasteiger partial charge in [-0.2, -0.15) is 0 Å². The minimum Gasteiger partial charge on any atom is -0.357 e. The smallest absolute Gasteiger partial charge is 0.271 e. The van der Waals surface area contributed by atoms with Gasteiger partial charge in [0.25, 0.3) is 5.91 Å². The fourth-order valence-electron chi connectivity index (χ4n) is 1.87. The van der Waals surface area contributed by atoms with E-state index >= 15 is 0 Å². The van der Waals surface area contributed by atoms with Crippen molar-refractivity contribution in [1.82, 2.24) is 9.88 Å². The number of Topliss-reactive ketones (excluding diaryl/α,β-unsaturated/α-hetero) is 1. The Labute approximate surface area is 88.3 Å². The molecule has 15 heavy (non-hydrogen) atoms. The highest BCUT2D eigenvalue weighted by molar-refractivity contribution is 6.08. The number of rotatable bonds is 1. The zero-order chi connectivity index (χ0) is 11.0. The van der Waals surface area contributed by atoms with Gasteiger partial charge in [0, 0.05) is 30.8 Å². The van der Waals surface area contributed by atoms with Crippen LogP contribution < -0.4 is 0 Å². The number of nitrogens with one attached hydrogen (secondary N) is 1. The molecular formula is C11H14N2O2. The van der Waals surface area contributed by atoms with Gasteiger partial charge in [-0.05, 0) is 19.9 Å². The Morgan fingerprint density at radius 3 is 2.80 bits per heavy atom. The van der Waals surface area contributed by atoms with Crippen LogP contribution in [0.1, 0.15) is 41.1 Å². The molecule has 0 atom stereocenters. The van der Waals surface area contributed by atoms with Crippen LogP contribution in [-0.2, 0) is 0 Å². The highest BCUT2D eigenvalue weighted by Crippen LogP contribution is 2.18. The molecule has 0 spiro atoms. The van der Waals surface area contributed by atoms with Crippen LogP contribution in [0.2, 0.25) is 0 Å². The first kappa shape index (κ1) is 9.96. The number of fused-ring (bicyclic) bond motifs is 1. The topological polar surface area (TPSA) is 53.2 Å². The van der Waals surface area contributed by atoms with Crippen LogP contribution in [0, 0.1) is 0 Å². The number of amides is 1. The summed E-state index contributed by atoms with van der Waals surface area (Å²) in [4.78, 5) is 28.3. The molecule has 0 unspecified atom stereocenters. The van der Waals surface area contributed by atoms with Crippen molar-refractivity contribution in [1.29, 1.82) is 0 Å².